The number of aryl methyl sites for hydroxylation is 1. The van der Waals surface area contributed by atoms with Crippen molar-refractivity contribution in [3.8, 4) is 17.0 Å². The second-order valence-corrected chi connectivity index (χ2v) is 9.60. The molecule has 0 atom stereocenters. The smallest absolute Gasteiger partial charge is 0.358 e. The summed E-state index contributed by atoms with van der Waals surface area (Å²) in [5.74, 6) is -0.882. The highest BCUT2D eigenvalue weighted by Crippen LogP contribution is 2.34. The van der Waals surface area contributed by atoms with Gasteiger partial charge in [0.25, 0.3) is 0 Å². The molecule has 0 spiro atoms. The van der Waals surface area contributed by atoms with Crippen molar-refractivity contribution >= 4 is 44.4 Å². The first kappa shape index (κ1) is 23.7. The zero-order chi connectivity index (χ0) is 25.1. The van der Waals surface area contributed by atoms with Gasteiger partial charge in [-0.3, -0.25) is 10.2 Å². The number of urea groups is 1. The fourth-order valence-electron chi connectivity index (χ4n) is 4.23. The van der Waals surface area contributed by atoms with Gasteiger partial charge in [0.15, 0.2) is 16.6 Å². The highest BCUT2D eigenvalue weighted by Gasteiger charge is 2.25. The number of fused-ring (bicyclic) bond motifs is 2. The van der Waals surface area contributed by atoms with Gasteiger partial charge < -0.3 is 9.84 Å². The number of aromatic carboxylic acids is 1. The summed E-state index contributed by atoms with van der Waals surface area (Å²) in [7, 11) is 0. The van der Waals surface area contributed by atoms with E-state index in [0.717, 1.165) is 52.7 Å². The number of nitrogens with one attached hydrogen (secondary N) is 1. The number of benzene rings is 2. The van der Waals surface area contributed by atoms with E-state index in [1.54, 1.807) is 17.0 Å². The Morgan fingerprint density at radius 3 is 2.81 bits per heavy atom. The standard InChI is InChI=1S/C27H26N4O4S/c1-2-3-15-35-22-13-12-19(28-24(22)25(32)33)18-11-10-17-7-6-14-31(21(17)16-18)27(34)30-26-29-20-8-4-5-9-23(20)36-26/h4-5,8-13,16H,2-3,6-7,14-15H2,1H3,(H,32,33)(H,29,30,34). The van der Waals surface area contributed by atoms with Gasteiger partial charge in [0, 0.05) is 17.8 Å². The van der Waals surface area contributed by atoms with Gasteiger partial charge in [-0.25, -0.2) is 19.6 Å². The number of rotatable bonds is 7. The Balaban J connectivity index is 1.42. The van der Waals surface area contributed by atoms with Gasteiger partial charge in [-0.2, -0.15) is 0 Å². The number of aromatic nitrogens is 2. The third-order valence-electron chi connectivity index (χ3n) is 6.07. The lowest BCUT2D eigenvalue weighted by molar-refractivity contribution is 0.0685. The van der Waals surface area contributed by atoms with Gasteiger partial charge in [-0.1, -0.05) is 48.9 Å². The lowest BCUT2D eigenvalue weighted by Crippen LogP contribution is -2.38. The SMILES string of the molecule is CCCCOc1ccc(-c2ccc3c(c2)N(C(=O)Nc2nc4ccccc4s2)CCC3)nc1C(=O)O. The van der Waals surface area contributed by atoms with Crippen LogP contribution in [0.25, 0.3) is 21.5 Å². The third-order valence-corrected chi connectivity index (χ3v) is 7.02. The predicted molar refractivity (Wildman–Crippen MR) is 141 cm³/mol. The average molecular weight is 503 g/mol. The summed E-state index contributed by atoms with van der Waals surface area (Å²) in [4.78, 5) is 35.7. The summed E-state index contributed by atoms with van der Waals surface area (Å²) in [6, 6.07) is 16.7. The molecule has 0 saturated heterocycles. The number of carboxylic acids is 1. The Morgan fingerprint density at radius 1 is 1.14 bits per heavy atom. The van der Waals surface area contributed by atoms with Crippen LogP contribution in [0.3, 0.4) is 0 Å². The molecule has 36 heavy (non-hydrogen) atoms. The van der Waals surface area contributed by atoms with Crippen molar-refractivity contribution in [1.29, 1.82) is 0 Å². The number of anilines is 2. The Hall–Kier alpha value is -3.98. The average Bonchev–Trinajstić information content (AvgIpc) is 3.30. The van der Waals surface area contributed by atoms with Gasteiger partial charge in [0.2, 0.25) is 0 Å². The second kappa shape index (κ2) is 10.3. The number of carbonyl (C=O) groups excluding carboxylic acids is 1. The van der Waals surface area contributed by atoms with E-state index in [1.165, 1.54) is 11.3 Å². The van der Waals surface area contributed by atoms with Crippen molar-refractivity contribution in [1.82, 2.24) is 9.97 Å². The molecule has 0 fully saturated rings. The highest BCUT2D eigenvalue weighted by atomic mass is 32.1. The molecule has 1 aliphatic heterocycles. The van der Waals surface area contributed by atoms with E-state index in [1.807, 2.05) is 49.4 Å². The number of carbonyl (C=O) groups is 2. The molecule has 4 aromatic rings. The number of pyridine rings is 1. The summed E-state index contributed by atoms with van der Waals surface area (Å²) >= 11 is 1.44. The maximum absolute atomic E-state index is 13.2. The molecular formula is C27H26N4O4S. The Labute approximate surface area is 212 Å². The molecule has 9 heteroatoms. The topological polar surface area (TPSA) is 105 Å². The Kier molecular flexibility index (Phi) is 6.81. The minimum absolute atomic E-state index is 0.119. The largest absolute Gasteiger partial charge is 0.491 e. The molecule has 2 aromatic carbocycles. The van der Waals surface area contributed by atoms with Crippen LogP contribution in [0.4, 0.5) is 15.6 Å². The number of amides is 2. The minimum Gasteiger partial charge on any atom is -0.491 e. The van der Waals surface area contributed by atoms with Crippen molar-refractivity contribution in [3.05, 3.63) is 65.9 Å². The van der Waals surface area contributed by atoms with E-state index in [0.29, 0.717) is 24.0 Å². The van der Waals surface area contributed by atoms with Gasteiger partial charge in [-0.15, -0.1) is 0 Å². The van der Waals surface area contributed by atoms with Crippen molar-refractivity contribution in [3.63, 3.8) is 0 Å². The number of hydrogen-bond acceptors (Lipinski definition) is 6. The zero-order valence-electron chi connectivity index (χ0n) is 19.9. The fraction of sp³-hybridized carbons (Fsp3) is 0.259. The van der Waals surface area contributed by atoms with Gasteiger partial charge in [-0.05, 0) is 55.2 Å². The van der Waals surface area contributed by atoms with Crippen molar-refractivity contribution in [2.75, 3.05) is 23.4 Å². The molecule has 1 aliphatic rings. The fourth-order valence-corrected chi connectivity index (χ4v) is 5.09. The zero-order valence-corrected chi connectivity index (χ0v) is 20.7. The Bertz CT molecular complexity index is 1400. The first-order valence-corrected chi connectivity index (χ1v) is 12.8. The van der Waals surface area contributed by atoms with E-state index in [-0.39, 0.29) is 17.5 Å². The molecule has 3 heterocycles. The van der Waals surface area contributed by atoms with Gasteiger partial charge in [0.05, 0.1) is 22.5 Å². The lowest BCUT2D eigenvalue weighted by Gasteiger charge is -2.29. The number of hydrogen-bond donors (Lipinski definition) is 2. The summed E-state index contributed by atoms with van der Waals surface area (Å²) in [5, 5.41) is 13.2. The Morgan fingerprint density at radius 2 is 2.00 bits per heavy atom. The number of ether oxygens (including phenoxy) is 1. The normalized spacial score (nSPS) is 12.9. The van der Waals surface area contributed by atoms with Crippen LogP contribution in [-0.4, -0.2) is 40.2 Å². The summed E-state index contributed by atoms with van der Waals surface area (Å²) in [5.41, 5.74) is 3.82. The van der Waals surface area contributed by atoms with Crippen molar-refractivity contribution < 1.29 is 19.4 Å². The number of carboxylic acid groups (broad SMARTS) is 1. The molecule has 184 valence electrons. The molecular weight excluding hydrogens is 476 g/mol. The summed E-state index contributed by atoms with van der Waals surface area (Å²) in [6.45, 7) is 3.06. The van der Waals surface area contributed by atoms with Crippen molar-refractivity contribution in [2.24, 2.45) is 0 Å². The van der Waals surface area contributed by atoms with Crippen LogP contribution in [-0.2, 0) is 6.42 Å². The van der Waals surface area contributed by atoms with Crippen LogP contribution in [0.2, 0.25) is 0 Å². The van der Waals surface area contributed by atoms with E-state index < -0.39 is 5.97 Å². The summed E-state index contributed by atoms with van der Waals surface area (Å²) in [6.07, 6.45) is 3.50. The van der Waals surface area contributed by atoms with Crippen LogP contribution in [0, 0.1) is 0 Å². The second-order valence-electron chi connectivity index (χ2n) is 8.57. The molecule has 0 unspecified atom stereocenters. The lowest BCUT2D eigenvalue weighted by atomic mass is 9.98. The van der Waals surface area contributed by atoms with Crippen LogP contribution in [0.15, 0.2) is 54.6 Å². The number of nitrogens with zero attached hydrogens (tertiary/aromatic N) is 3. The molecule has 2 amide bonds. The van der Waals surface area contributed by atoms with Crippen LogP contribution < -0.4 is 15.0 Å². The molecule has 0 aliphatic carbocycles. The van der Waals surface area contributed by atoms with Gasteiger partial charge in [0.1, 0.15) is 0 Å². The van der Waals surface area contributed by atoms with E-state index in [4.69, 9.17) is 4.74 Å². The number of thiazole rings is 1. The highest BCUT2D eigenvalue weighted by molar-refractivity contribution is 7.22. The monoisotopic (exact) mass is 502 g/mol. The molecule has 2 aromatic heterocycles. The quantitative estimate of drug-likeness (QED) is 0.291. The number of unbranched alkanes of at least 4 members (excludes halogenated alkanes) is 1. The van der Waals surface area contributed by atoms with Crippen molar-refractivity contribution in [2.45, 2.75) is 32.6 Å². The predicted octanol–water partition coefficient (Wildman–Crippen LogP) is 6.22. The third kappa shape index (κ3) is 4.87. The molecule has 0 saturated carbocycles. The van der Waals surface area contributed by atoms with Crippen LogP contribution in [0.5, 0.6) is 5.75 Å². The van der Waals surface area contributed by atoms with Crippen LogP contribution >= 0.6 is 11.3 Å². The molecule has 0 bridgehead atoms. The first-order chi connectivity index (χ1) is 17.5. The first-order valence-electron chi connectivity index (χ1n) is 12.0. The van der Waals surface area contributed by atoms with Gasteiger partial charge >= 0.3 is 12.0 Å². The molecule has 0 radical (unpaired) electrons. The molecule has 8 nitrogen and oxygen atoms in total. The number of para-hydroxylation sites is 1. The van der Waals surface area contributed by atoms with Crippen LogP contribution in [0.1, 0.15) is 42.2 Å². The maximum atomic E-state index is 13.2. The van der Waals surface area contributed by atoms with E-state index in [2.05, 4.69) is 15.3 Å². The molecule has 2 N–H and O–H groups in total. The maximum Gasteiger partial charge on any atom is 0.358 e. The van der Waals surface area contributed by atoms with E-state index in [9.17, 15) is 14.7 Å². The minimum atomic E-state index is -1.14. The van der Waals surface area contributed by atoms with E-state index >= 15 is 0 Å². The summed E-state index contributed by atoms with van der Waals surface area (Å²) < 4.78 is 6.65. The molecule has 5 rings (SSSR count).